The van der Waals surface area contributed by atoms with E-state index < -0.39 is 6.04 Å². The van der Waals surface area contributed by atoms with Gasteiger partial charge in [0.15, 0.2) is 0 Å². The van der Waals surface area contributed by atoms with Crippen molar-refractivity contribution in [3.63, 3.8) is 0 Å². The van der Waals surface area contributed by atoms with E-state index in [4.69, 9.17) is 16.3 Å². The molecule has 3 atom stereocenters. The van der Waals surface area contributed by atoms with Gasteiger partial charge in [-0.1, -0.05) is 29.7 Å². The van der Waals surface area contributed by atoms with E-state index in [2.05, 4.69) is 15.6 Å². The number of likely N-dealkylation sites (tertiary alicyclic amines) is 1. The maximum absolute atomic E-state index is 14.2. The van der Waals surface area contributed by atoms with Gasteiger partial charge in [-0.05, 0) is 43.4 Å². The van der Waals surface area contributed by atoms with E-state index >= 15 is 0 Å². The zero-order valence-corrected chi connectivity index (χ0v) is 23.5. The van der Waals surface area contributed by atoms with Crippen LogP contribution in [0.2, 0.25) is 5.02 Å². The lowest BCUT2D eigenvalue weighted by Gasteiger charge is -2.43. The number of amides is 3. The third-order valence-corrected chi connectivity index (χ3v) is 8.71. The van der Waals surface area contributed by atoms with Crippen molar-refractivity contribution in [2.24, 2.45) is 18.9 Å². The average molecular weight is 557 g/mol. The molecule has 10 nitrogen and oxygen atoms in total. The molecule has 0 unspecified atom stereocenters. The Morgan fingerprint density at radius 2 is 1.92 bits per heavy atom. The molecule has 11 heteroatoms. The van der Waals surface area contributed by atoms with E-state index in [1.165, 1.54) is 0 Å². The molecule has 1 aliphatic carbocycles. The minimum Gasteiger partial charge on any atom is -0.493 e. The lowest BCUT2D eigenvalue weighted by Crippen LogP contribution is -2.50. The van der Waals surface area contributed by atoms with Crippen molar-refractivity contribution in [2.75, 3.05) is 33.3 Å². The number of benzene rings is 1. The van der Waals surface area contributed by atoms with E-state index in [1.54, 1.807) is 11.7 Å². The summed E-state index contributed by atoms with van der Waals surface area (Å²) in [6.45, 7) is 1.92. The smallest absolute Gasteiger partial charge is 0.227 e. The van der Waals surface area contributed by atoms with Gasteiger partial charge < -0.3 is 19.9 Å². The van der Waals surface area contributed by atoms with Crippen molar-refractivity contribution in [2.45, 2.75) is 57.4 Å². The second-order valence-electron chi connectivity index (χ2n) is 10.8. The Labute approximate surface area is 234 Å². The van der Waals surface area contributed by atoms with Crippen molar-refractivity contribution in [3.8, 4) is 5.75 Å². The van der Waals surface area contributed by atoms with E-state index in [-0.39, 0.29) is 29.6 Å². The summed E-state index contributed by atoms with van der Waals surface area (Å²) in [4.78, 5) is 43.4. The maximum Gasteiger partial charge on any atom is 0.227 e. The molecule has 1 N–H and O–H groups in total. The fourth-order valence-corrected chi connectivity index (χ4v) is 6.64. The van der Waals surface area contributed by atoms with Crippen LogP contribution in [-0.2, 0) is 34.3 Å². The number of aryl methyl sites for hydroxylation is 1. The van der Waals surface area contributed by atoms with Crippen molar-refractivity contribution in [1.29, 1.82) is 0 Å². The Kier molecular flexibility index (Phi) is 8.40. The summed E-state index contributed by atoms with van der Waals surface area (Å²) in [7, 11) is 3.45. The molecular weight excluding hydrogens is 520 g/mol. The van der Waals surface area contributed by atoms with Crippen LogP contribution in [0.5, 0.6) is 5.75 Å². The Bertz CT molecular complexity index is 1230. The molecule has 1 aromatic heterocycles. The Balaban J connectivity index is 1.47. The number of aromatic nitrogens is 3. The van der Waals surface area contributed by atoms with Gasteiger partial charge in [-0.2, -0.15) is 0 Å². The molecule has 210 valence electrons. The topological polar surface area (TPSA) is 110 Å². The number of hydrogen-bond acceptors (Lipinski definition) is 6. The van der Waals surface area contributed by atoms with Gasteiger partial charge in [0.1, 0.15) is 5.75 Å². The predicted molar refractivity (Wildman–Crippen MR) is 145 cm³/mol. The van der Waals surface area contributed by atoms with Gasteiger partial charge in [-0.3, -0.25) is 19.1 Å². The molecule has 2 aliphatic heterocycles. The molecule has 3 aliphatic rings. The number of ether oxygens (including phenoxy) is 1. The number of fused-ring (bicyclic) bond motifs is 1. The second kappa shape index (κ2) is 11.9. The highest BCUT2D eigenvalue weighted by molar-refractivity contribution is 6.31. The standard InChI is InChI=1S/C28H37ClN6O4/c1-30-27(37)19-6-3-4-7-20(19)28(38)35-14-11-21-22(29)9-10-24(39-15-12-18-16-33(2)32-31-18)26(21)23(35)17-34-13-5-8-25(34)36/h9-10,16,19-20,23H,3-8,11-15,17H2,1-2H3,(H,30,37)/t19-,20+,23+/m0/s1. The van der Waals surface area contributed by atoms with Crippen LogP contribution >= 0.6 is 11.6 Å². The lowest BCUT2D eigenvalue weighted by molar-refractivity contribution is -0.147. The molecule has 3 amide bonds. The van der Waals surface area contributed by atoms with Crippen LogP contribution in [0.3, 0.4) is 0 Å². The highest BCUT2D eigenvalue weighted by Crippen LogP contribution is 2.43. The average Bonchev–Trinajstić information content (AvgIpc) is 3.56. The fraction of sp³-hybridized carbons (Fsp3) is 0.607. The number of nitrogens with one attached hydrogen (secondary N) is 1. The highest BCUT2D eigenvalue weighted by atomic mass is 35.5. The molecule has 2 fully saturated rings. The second-order valence-corrected chi connectivity index (χ2v) is 11.2. The monoisotopic (exact) mass is 556 g/mol. The first-order valence-corrected chi connectivity index (χ1v) is 14.3. The summed E-state index contributed by atoms with van der Waals surface area (Å²) in [5.41, 5.74) is 2.66. The normalized spacial score (nSPS) is 23.1. The van der Waals surface area contributed by atoms with Crippen LogP contribution in [0.15, 0.2) is 18.3 Å². The molecule has 0 bridgehead atoms. The molecule has 0 spiro atoms. The van der Waals surface area contributed by atoms with Gasteiger partial charge in [0.05, 0.1) is 18.3 Å². The maximum atomic E-state index is 14.2. The first-order chi connectivity index (χ1) is 18.9. The van der Waals surface area contributed by atoms with Gasteiger partial charge >= 0.3 is 0 Å². The number of hydrogen-bond donors (Lipinski definition) is 1. The molecule has 1 saturated heterocycles. The van der Waals surface area contributed by atoms with Crippen molar-refractivity contribution in [3.05, 3.63) is 40.2 Å². The van der Waals surface area contributed by atoms with E-state index in [1.807, 2.05) is 35.2 Å². The number of carbonyl (C=O) groups is 3. The fourth-order valence-electron chi connectivity index (χ4n) is 6.38. The minimum atomic E-state index is -0.402. The molecule has 1 saturated carbocycles. The van der Waals surface area contributed by atoms with Crippen molar-refractivity contribution < 1.29 is 19.1 Å². The zero-order chi connectivity index (χ0) is 27.5. The largest absolute Gasteiger partial charge is 0.493 e. The number of nitrogens with zero attached hydrogens (tertiary/aromatic N) is 5. The SMILES string of the molecule is CNC(=O)[C@H]1CCCC[C@H]1C(=O)N1CCc2c(Cl)ccc(OCCc3cn(C)nn3)c2[C@H]1CN1CCCC1=O. The predicted octanol–water partition coefficient (Wildman–Crippen LogP) is 2.69. The van der Waals surface area contributed by atoms with Crippen LogP contribution in [-0.4, -0.2) is 75.8 Å². The van der Waals surface area contributed by atoms with Crippen LogP contribution in [0.1, 0.15) is 61.4 Å². The van der Waals surface area contributed by atoms with Crippen LogP contribution in [0, 0.1) is 11.8 Å². The van der Waals surface area contributed by atoms with E-state index in [9.17, 15) is 14.4 Å². The summed E-state index contributed by atoms with van der Waals surface area (Å²) in [5, 5.41) is 11.5. The molecule has 3 heterocycles. The van der Waals surface area contributed by atoms with Gasteiger partial charge in [0.25, 0.3) is 0 Å². The Morgan fingerprint density at radius 1 is 1.13 bits per heavy atom. The van der Waals surface area contributed by atoms with Crippen LogP contribution < -0.4 is 10.1 Å². The zero-order valence-electron chi connectivity index (χ0n) is 22.7. The number of carbonyl (C=O) groups excluding carboxylic acids is 3. The molecular formula is C28H37ClN6O4. The van der Waals surface area contributed by atoms with Crippen molar-refractivity contribution in [1.82, 2.24) is 30.1 Å². The Morgan fingerprint density at radius 3 is 2.62 bits per heavy atom. The minimum absolute atomic E-state index is 0.0175. The summed E-state index contributed by atoms with van der Waals surface area (Å²) >= 11 is 6.70. The lowest BCUT2D eigenvalue weighted by atomic mass is 9.77. The number of halogens is 1. The van der Waals surface area contributed by atoms with E-state index in [0.717, 1.165) is 36.1 Å². The van der Waals surface area contributed by atoms with Crippen molar-refractivity contribution >= 4 is 29.3 Å². The van der Waals surface area contributed by atoms with Gasteiger partial charge in [0, 0.05) is 75.2 Å². The number of rotatable bonds is 8. The van der Waals surface area contributed by atoms with Crippen LogP contribution in [0.25, 0.3) is 0 Å². The quantitative estimate of drug-likeness (QED) is 0.535. The molecule has 2 aromatic rings. The summed E-state index contributed by atoms with van der Waals surface area (Å²) in [5.74, 6) is -0.0450. The third-order valence-electron chi connectivity index (χ3n) is 8.35. The summed E-state index contributed by atoms with van der Waals surface area (Å²) in [6.07, 6.45) is 7.61. The molecule has 0 radical (unpaired) electrons. The molecule has 1 aromatic carbocycles. The van der Waals surface area contributed by atoms with Gasteiger partial charge in [-0.15, -0.1) is 5.10 Å². The highest BCUT2D eigenvalue weighted by Gasteiger charge is 2.43. The first-order valence-electron chi connectivity index (χ1n) is 14.0. The molecule has 39 heavy (non-hydrogen) atoms. The van der Waals surface area contributed by atoms with Gasteiger partial charge in [0.2, 0.25) is 17.7 Å². The Hall–Kier alpha value is -3.14. The first kappa shape index (κ1) is 27.4. The third kappa shape index (κ3) is 5.76. The summed E-state index contributed by atoms with van der Waals surface area (Å²) in [6, 6.07) is 3.30. The molecule has 5 rings (SSSR count). The van der Waals surface area contributed by atoms with E-state index in [0.29, 0.717) is 69.1 Å². The van der Waals surface area contributed by atoms with Gasteiger partial charge in [-0.25, -0.2) is 0 Å². The van der Waals surface area contributed by atoms with Crippen LogP contribution in [0.4, 0.5) is 0 Å². The summed E-state index contributed by atoms with van der Waals surface area (Å²) < 4.78 is 7.96.